The number of amides is 1. The molecule has 0 bridgehead atoms. The predicted octanol–water partition coefficient (Wildman–Crippen LogP) is 2.88. The maximum Gasteiger partial charge on any atom is 0.304 e. The molecule has 174 valence electrons. The normalized spacial score (nSPS) is 14.7. The largest absolute Gasteiger partial charge is 0.368 e. The van der Waals surface area contributed by atoms with Crippen molar-refractivity contribution in [3.05, 3.63) is 58.7 Å². The van der Waals surface area contributed by atoms with E-state index in [1.807, 2.05) is 32.0 Å². The molecular weight excluding hydrogens is 424 g/mol. The zero-order valence-corrected chi connectivity index (χ0v) is 20.7. The van der Waals surface area contributed by atoms with Crippen LogP contribution in [0, 0.1) is 27.7 Å². The number of carbonyl (C=O) groups excluding carboxylic acids is 1. The van der Waals surface area contributed by atoms with E-state index in [1.54, 1.807) is 4.90 Å². The van der Waals surface area contributed by atoms with Crippen molar-refractivity contribution in [3.8, 4) is 0 Å². The summed E-state index contributed by atoms with van der Waals surface area (Å²) in [6.45, 7) is 10.4. The first-order chi connectivity index (χ1) is 15.0. The van der Waals surface area contributed by atoms with Gasteiger partial charge in [0.05, 0.1) is 5.69 Å². The molecule has 0 saturated carbocycles. The molecular formula is C24H34N4O3S. The highest BCUT2D eigenvalue weighted by Crippen LogP contribution is 2.26. The highest BCUT2D eigenvalue weighted by molar-refractivity contribution is 7.90. The van der Waals surface area contributed by atoms with Crippen molar-refractivity contribution >= 4 is 27.5 Å². The van der Waals surface area contributed by atoms with Crippen LogP contribution >= 0.6 is 0 Å². The molecule has 7 nitrogen and oxygen atoms in total. The number of nitrogens with zero attached hydrogens (tertiary/aromatic N) is 4. The van der Waals surface area contributed by atoms with Crippen LogP contribution < -0.4 is 9.21 Å². The molecule has 1 heterocycles. The maximum absolute atomic E-state index is 13.2. The summed E-state index contributed by atoms with van der Waals surface area (Å²) >= 11 is 0. The van der Waals surface area contributed by atoms with Crippen LogP contribution in [0.1, 0.15) is 22.3 Å². The average molecular weight is 459 g/mol. The van der Waals surface area contributed by atoms with Gasteiger partial charge in [0.25, 0.3) is 0 Å². The summed E-state index contributed by atoms with van der Waals surface area (Å²) in [6.07, 6.45) is 0. The molecule has 1 saturated heterocycles. The zero-order valence-electron chi connectivity index (χ0n) is 19.9. The van der Waals surface area contributed by atoms with E-state index in [0.717, 1.165) is 28.5 Å². The fourth-order valence-corrected chi connectivity index (χ4v) is 5.09. The molecule has 2 aromatic carbocycles. The van der Waals surface area contributed by atoms with Crippen molar-refractivity contribution < 1.29 is 13.2 Å². The minimum Gasteiger partial charge on any atom is -0.368 e. The molecule has 32 heavy (non-hydrogen) atoms. The Kier molecular flexibility index (Phi) is 7.15. The van der Waals surface area contributed by atoms with Crippen molar-refractivity contribution in [1.29, 1.82) is 0 Å². The number of rotatable bonds is 6. The quantitative estimate of drug-likeness (QED) is 0.668. The van der Waals surface area contributed by atoms with Crippen molar-refractivity contribution in [1.82, 2.24) is 9.21 Å². The molecule has 1 amide bonds. The van der Waals surface area contributed by atoms with E-state index >= 15 is 0 Å². The molecule has 3 rings (SSSR count). The molecule has 1 aliphatic rings. The van der Waals surface area contributed by atoms with Crippen LogP contribution in [0.5, 0.6) is 0 Å². The second-order valence-electron chi connectivity index (χ2n) is 8.67. The number of hydrogen-bond donors (Lipinski definition) is 0. The van der Waals surface area contributed by atoms with E-state index in [2.05, 4.69) is 36.9 Å². The summed E-state index contributed by atoms with van der Waals surface area (Å²) in [4.78, 5) is 17.3. The third-order valence-corrected chi connectivity index (χ3v) is 8.01. The number of anilines is 2. The van der Waals surface area contributed by atoms with E-state index in [4.69, 9.17) is 0 Å². The van der Waals surface area contributed by atoms with Crippen LogP contribution in [0.15, 0.2) is 36.4 Å². The smallest absolute Gasteiger partial charge is 0.304 e. The zero-order chi connectivity index (χ0) is 23.6. The summed E-state index contributed by atoms with van der Waals surface area (Å²) in [7, 11) is -0.846. The summed E-state index contributed by atoms with van der Waals surface area (Å²) in [5.41, 5.74) is 6.00. The highest BCUT2D eigenvalue weighted by Gasteiger charge is 2.31. The average Bonchev–Trinajstić information content (AvgIpc) is 2.75. The van der Waals surface area contributed by atoms with Crippen LogP contribution in [0.3, 0.4) is 0 Å². The van der Waals surface area contributed by atoms with Crippen molar-refractivity contribution in [2.75, 3.05) is 56.0 Å². The molecule has 2 aromatic rings. The molecule has 0 atom stereocenters. The number of piperazine rings is 1. The lowest BCUT2D eigenvalue weighted by molar-refractivity contribution is -0.129. The van der Waals surface area contributed by atoms with Crippen LogP contribution in [0.2, 0.25) is 0 Å². The van der Waals surface area contributed by atoms with Gasteiger partial charge in [-0.25, -0.2) is 4.31 Å². The molecule has 8 heteroatoms. The molecule has 0 radical (unpaired) electrons. The van der Waals surface area contributed by atoms with Crippen molar-refractivity contribution in [3.63, 3.8) is 0 Å². The first-order valence-electron chi connectivity index (χ1n) is 10.9. The fourth-order valence-electron chi connectivity index (χ4n) is 3.97. The minimum atomic E-state index is -3.82. The molecule has 0 aromatic heterocycles. The lowest BCUT2D eigenvalue weighted by atomic mass is 10.1. The van der Waals surface area contributed by atoms with E-state index in [0.29, 0.717) is 18.8 Å². The maximum atomic E-state index is 13.2. The SMILES string of the molecule is Cc1ccc(C)c(N(CC(=O)N2CCN(c3cccc(C)c3C)CC2)S(=O)(=O)N(C)C)c1. The van der Waals surface area contributed by atoms with Gasteiger partial charge < -0.3 is 9.80 Å². The van der Waals surface area contributed by atoms with Gasteiger partial charge in [-0.05, 0) is 62.1 Å². The summed E-state index contributed by atoms with van der Waals surface area (Å²) < 4.78 is 28.6. The van der Waals surface area contributed by atoms with E-state index in [9.17, 15) is 13.2 Å². The Morgan fingerprint density at radius 3 is 2.22 bits per heavy atom. The molecule has 0 unspecified atom stereocenters. The standard InChI is InChI=1S/C24H34N4O3S/c1-18-10-11-20(3)23(16-18)28(32(30,31)25(5)6)17-24(29)27-14-12-26(13-15-27)22-9-7-8-19(2)21(22)4/h7-11,16H,12-15,17H2,1-6H3. The monoisotopic (exact) mass is 458 g/mol. The summed E-state index contributed by atoms with van der Waals surface area (Å²) in [6, 6.07) is 11.9. The molecule has 0 spiro atoms. The topological polar surface area (TPSA) is 64.2 Å². The Hall–Kier alpha value is -2.58. The van der Waals surface area contributed by atoms with Gasteiger partial charge in [-0.3, -0.25) is 4.79 Å². The van der Waals surface area contributed by atoms with Gasteiger partial charge in [0.2, 0.25) is 5.91 Å². The van der Waals surface area contributed by atoms with E-state index < -0.39 is 10.2 Å². The van der Waals surface area contributed by atoms with Gasteiger partial charge in [-0.2, -0.15) is 12.7 Å². The third kappa shape index (κ3) is 4.91. The lowest BCUT2D eigenvalue weighted by Crippen LogP contribution is -2.53. The first-order valence-corrected chi connectivity index (χ1v) is 12.3. The number of benzene rings is 2. The second kappa shape index (κ2) is 9.50. The summed E-state index contributed by atoms with van der Waals surface area (Å²) in [5.74, 6) is -0.183. The lowest BCUT2D eigenvalue weighted by Gasteiger charge is -2.38. The Balaban J connectivity index is 1.78. The van der Waals surface area contributed by atoms with Gasteiger partial charge in [0, 0.05) is 46.0 Å². The molecule has 1 aliphatic heterocycles. The molecule has 1 fully saturated rings. The number of hydrogen-bond acceptors (Lipinski definition) is 4. The summed E-state index contributed by atoms with van der Waals surface area (Å²) in [5, 5.41) is 0. The Bertz CT molecular complexity index is 1090. The first kappa shape index (κ1) is 24.1. The van der Waals surface area contributed by atoms with E-state index in [-0.39, 0.29) is 12.5 Å². The number of carbonyl (C=O) groups is 1. The van der Waals surface area contributed by atoms with Crippen molar-refractivity contribution in [2.24, 2.45) is 0 Å². The van der Waals surface area contributed by atoms with E-state index in [1.165, 1.54) is 35.2 Å². The van der Waals surface area contributed by atoms with Crippen LogP contribution in [0.25, 0.3) is 0 Å². The number of aryl methyl sites for hydroxylation is 3. The predicted molar refractivity (Wildman–Crippen MR) is 131 cm³/mol. The van der Waals surface area contributed by atoms with Gasteiger partial charge in [0.1, 0.15) is 6.54 Å². The highest BCUT2D eigenvalue weighted by atomic mass is 32.2. The van der Waals surface area contributed by atoms with Gasteiger partial charge in [0.15, 0.2) is 0 Å². The Labute approximate surface area is 192 Å². The molecule has 0 aliphatic carbocycles. The Morgan fingerprint density at radius 1 is 0.938 bits per heavy atom. The van der Waals surface area contributed by atoms with Crippen molar-refractivity contribution in [2.45, 2.75) is 27.7 Å². The van der Waals surface area contributed by atoms with Crippen LogP contribution in [0.4, 0.5) is 11.4 Å². The second-order valence-corrected chi connectivity index (χ2v) is 10.7. The van der Waals surface area contributed by atoms with Crippen LogP contribution in [-0.4, -0.2) is 70.3 Å². The minimum absolute atomic E-state index is 0.183. The Morgan fingerprint density at radius 2 is 1.59 bits per heavy atom. The van der Waals surface area contributed by atoms with Gasteiger partial charge in [-0.15, -0.1) is 0 Å². The third-order valence-electron chi connectivity index (χ3n) is 6.20. The fraction of sp³-hybridized carbons (Fsp3) is 0.458. The molecule has 0 N–H and O–H groups in total. The van der Waals surface area contributed by atoms with Gasteiger partial charge in [-0.1, -0.05) is 24.3 Å². The van der Waals surface area contributed by atoms with Gasteiger partial charge >= 0.3 is 10.2 Å². The van der Waals surface area contributed by atoms with Crippen LogP contribution in [-0.2, 0) is 15.0 Å².